The Morgan fingerprint density at radius 3 is 2.63 bits per heavy atom. The van der Waals surface area contributed by atoms with Crippen molar-refractivity contribution >= 4 is 29.3 Å². The van der Waals surface area contributed by atoms with Crippen molar-refractivity contribution in [3.63, 3.8) is 0 Å². The normalized spacial score (nSPS) is 20.7. The van der Waals surface area contributed by atoms with Crippen LogP contribution in [0.15, 0.2) is 24.3 Å². The summed E-state index contributed by atoms with van der Waals surface area (Å²) in [4.78, 5) is 29.4. The summed E-state index contributed by atoms with van der Waals surface area (Å²) in [6.07, 6.45) is 1.43. The first-order valence-electron chi connectivity index (χ1n) is 9.51. The molecule has 0 radical (unpaired) electrons. The predicted octanol–water partition coefficient (Wildman–Crippen LogP) is 1.97. The molecule has 3 rings (SSSR count). The monoisotopic (exact) mass is 394 g/mol. The minimum Gasteiger partial charge on any atom is -0.481 e. The molecule has 0 bridgehead atoms. The van der Waals surface area contributed by atoms with Gasteiger partial charge in [-0.3, -0.25) is 9.69 Å². The minimum atomic E-state index is -0.817. The van der Waals surface area contributed by atoms with Gasteiger partial charge in [-0.15, -0.1) is 0 Å². The molecule has 2 fully saturated rings. The van der Waals surface area contributed by atoms with Crippen LogP contribution in [-0.2, 0) is 4.79 Å². The molecule has 1 atom stereocenters. The zero-order valence-electron chi connectivity index (χ0n) is 15.4. The van der Waals surface area contributed by atoms with Gasteiger partial charge in [-0.1, -0.05) is 17.7 Å². The number of carbonyl (C=O) groups excluding carboxylic acids is 1. The standard InChI is InChI=1S/C19H27ClN4O3/c20-16-3-1-4-17(13-16)23-11-9-22(10-12-23)7-2-6-21-19(27)24-8-5-15(14-24)18(25)26/h1,3-4,13,15H,2,5-12,14H2,(H,21,27)(H,25,26). The van der Waals surface area contributed by atoms with Crippen LogP contribution in [0.4, 0.5) is 10.5 Å². The molecule has 2 aliphatic rings. The van der Waals surface area contributed by atoms with E-state index >= 15 is 0 Å². The first-order chi connectivity index (χ1) is 13.0. The van der Waals surface area contributed by atoms with E-state index in [1.165, 1.54) is 5.69 Å². The molecule has 148 valence electrons. The highest BCUT2D eigenvalue weighted by Gasteiger charge is 2.30. The lowest BCUT2D eigenvalue weighted by Crippen LogP contribution is -2.47. The Balaban J connectivity index is 1.30. The zero-order valence-corrected chi connectivity index (χ0v) is 16.2. The number of nitrogens with zero attached hydrogens (tertiary/aromatic N) is 3. The Morgan fingerprint density at radius 1 is 1.19 bits per heavy atom. The molecule has 2 heterocycles. The molecule has 0 aliphatic carbocycles. The molecular formula is C19H27ClN4O3. The molecule has 27 heavy (non-hydrogen) atoms. The van der Waals surface area contributed by atoms with Crippen LogP contribution in [0.25, 0.3) is 0 Å². The molecule has 2 aliphatic heterocycles. The third-order valence-corrected chi connectivity index (χ3v) is 5.53. The van der Waals surface area contributed by atoms with Crippen LogP contribution in [0.3, 0.4) is 0 Å². The number of rotatable bonds is 6. The molecule has 0 saturated carbocycles. The molecule has 0 spiro atoms. The van der Waals surface area contributed by atoms with Gasteiger partial charge in [0.15, 0.2) is 0 Å². The maximum absolute atomic E-state index is 12.1. The molecule has 1 unspecified atom stereocenters. The third-order valence-electron chi connectivity index (χ3n) is 5.30. The SMILES string of the molecule is O=C(O)C1CCN(C(=O)NCCCN2CCN(c3cccc(Cl)c3)CC2)C1. The quantitative estimate of drug-likeness (QED) is 0.721. The second-order valence-corrected chi connectivity index (χ2v) is 7.60. The van der Waals surface area contributed by atoms with Gasteiger partial charge in [-0.25, -0.2) is 4.79 Å². The highest BCUT2D eigenvalue weighted by atomic mass is 35.5. The van der Waals surface area contributed by atoms with Crippen LogP contribution in [-0.4, -0.2) is 79.3 Å². The van der Waals surface area contributed by atoms with E-state index in [2.05, 4.69) is 21.2 Å². The van der Waals surface area contributed by atoms with Crippen molar-refractivity contribution in [3.05, 3.63) is 29.3 Å². The van der Waals surface area contributed by atoms with Crippen LogP contribution < -0.4 is 10.2 Å². The number of amides is 2. The molecule has 2 saturated heterocycles. The molecule has 1 aromatic rings. The summed E-state index contributed by atoms with van der Waals surface area (Å²) in [5, 5.41) is 12.7. The van der Waals surface area contributed by atoms with Crippen molar-refractivity contribution in [2.24, 2.45) is 5.92 Å². The van der Waals surface area contributed by atoms with Gasteiger partial charge in [0.25, 0.3) is 0 Å². The second kappa shape index (κ2) is 9.28. The number of benzene rings is 1. The summed E-state index contributed by atoms with van der Waals surface area (Å²) >= 11 is 6.07. The van der Waals surface area contributed by atoms with E-state index in [1.807, 2.05) is 18.2 Å². The van der Waals surface area contributed by atoms with Crippen molar-refractivity contribution in [3.8, 4) is 0 Å². The van der Waals surface area contributed by atoms with E-state index < -0.39 is 11.9 Å². The molecule has 0 aromatic heterocycles. The fourth-order valence-corrected chi connectivity index (χ4v) is 3.84. The summed E-state index contributed by atoms with van der Waals surface area (Å²) in [6, 6.07) is 7.81. The molecule has 2 amide bonds. The van der Waals surface area contributed by atoms with Gasteiger partial charge in [0.1, 0.15) is 0 Å². The summed E-state index contributed by atoms with van der Waals surface area (Å²) < 4.78 is 0. The number of carbonyl (C=O) groups is 2. The topological polar surface area (TPSA) is 76.1 Å². The average Bonchev–Trinajstić information content (AvgIpc) is 3.16. The number of carboxylic acids is 1. The zero-order chi connectivity index (χ0) is 19.2. The maximum Gasteiger partial charge on any atom is 0.317 e. The van der Waals surface area contributed by atoms with Gasteiger partial charge < -0.3 is 20.2 Å². The highest BCUT2D eigenvalue weighted by Crippen LogP contribution is 2.20. The smallest absolute Gasteiger partial charge is 0.317 e. The van der Waals surface area contributed by atoms with E-state index in [1.54, 1.807) is 4.90 Å². The number of piperazine rings is 1. The lowest BCUT2D eigenvalue weighted by Gasteiger charge is -2.36. The van der Waals surface area contributed by atoms with E-state index in [4.69, 9.17) is 16.7 Å². The van der Waals surface area contributed by atoms with E-state index in [0.29, 0.717) is 26.1 Å². The molecule has 1 aromatic carbocycles. The number of nitrogens with one attached hydrogen (secondary N) is 1. The second-order valence-electron chi connectivity index (χ2n) is 7.16. The van der Waals surface area contributed by atoms with Gasteiger partial charge in [-0.2, -0.15) is 0 Å². The van der Waals surface area contributed by atoms with Gasteiger partial charge in [0.2, 0.25) is 0 Å². The lowest BCUT2D eigenvalue weighted by molar-refractivity contribution is -0.141. The lowest BCUT2D eigenvalue weighted by atomic mass is 10.1. The Bertz CT molecular complexity index is 664. The Labute approximate surface area is 164 Å². The Hall–Kier alpha value is -1.99. The number of aliphatic carboxylic acids is 1. The van der Waals surface area contributed by atoms with Crippen LogP contribution in [0, 0.1) is 5.92 Å². The largest absolute Gasteiger partial charge is 0.481 e. The van der Waals surface area contributed by atoms with E-state index in [0.717, 1.165) is 44.2 Å². The number of anilines is 1. The number of halogens is 1. The number of hydrogen-bond donors (Lipinski definition) is 2. The summed E-state index contributed by atoms with van der Waals surface area (Å²) in [5.41, 5.74) is 1.17. The van der Waals surface area contributed by atoms with Crippen LogP contribution in [0.1, 0.15) is 12.8 Å². The van der Waals surface area contributed by atoms with E-state index in [9.17, 15) is 9.59 Å². The molecule has 7 nitrogen and oxygen atoms in total. The molecular weight excluding hydrogens is 368 g/mol. The van der Waals surface area contributed by atoms with Gasteiger partial charge >= 0.3 is 12.0 Å². The number of urea groups is 1. The van der Waals surface area contributed by atoms with Crippen molar-refractivity contribution < 1.29 is 14.7 Å². The van der Waals surface area contributed by atoms with Crippen LogP contribution >= 0.6 is 11.6 Å². The Morgan fingerprint density at radius 2 is 1.96 bits per heavy atom. The summed E-state index contributed by atoms with van der Waals surface area (Å²) in [5.74, 6) is -1.24. The first-order valence-corrected chi connectivity index (χ1v) is 9.89. The molecule has 8 heteroatoms. The number of carboxylic acid groups (broad SMARTS) is 1. The van der Waals surface area contributed by atoms with Gasteiger partial charge in [-0.05, 0) is 37.6 Å². The van der Waals surface area contributed by atoms with Crippen molar-refractivity contribution in [2.45, 2.75) is 12.8 Å². The van der Waals surface area contributed by atoms with Crippen LogP contribution in [0.5, 0.6) is 0 Å². The fourth-order valence-electron chi connectivity index (χ4n) is 3.66. The predicted molar refractivity (Wildman–Crippen MR) is 105 cm³/mol. The van der Waals surface area contributed by atoms with E-state index in [-0.39, 0.29) is 6.03 Å². The van der Waals surface area contributed by atoms with Crippen LogP contribution in [0.2, 0.25) is 5.02 Å². The number of likely N-dealkylation sites (tertiary alicyclic amines) is 1. The van der Waals surface area contributed by atoms with Crippen molar-refractivity contribution in [2.75, 3.05) is 57.3 Å². The maximum atomic E-state index is 12.1. The first kappa shape index (κ1) is 19.8. The Kier molecular flexibility index (Phi) is 6.79. The minimum absolute atomic E-state index is 0.149. The van der Waals surface area contributed by atoms with Crippen molar-refractivity contribution in [1.29, 1.82) is 0 Å². The van der Waals surface area contributed by atoms with Gasteiger partial charge in [0.05, 0.1) is 5.92 Å². The number of hydrogen-bond acceptors (Lipinski definition) is 4. The highest BCUT2D eigenvalue weighted by molar-refractivity contribution is 6.30. The summed E-state index contributed by atoms with van der Waals surface area (Å²) in [6.45, 7) is 6.32. The summed E-state index contributed by atoms with van der Waals surface area (Å²) in [7, 11) is 0. The molecule has 2 N–H and O–H groups in total. The van der Waals surface area contributed by atoms with Crippen molar-refractivity contribution in [1.82, 2.24) is 15.1 Å². The van der Waals surface area contributed by atoms with Gasteiger partial charge in [0, 0.05) is 56.5 Å². The fraction of sp³-hybridized carbons (Fsp3) is 0.579. The average molecular weight is 395 g/mol. The third kappa shape index (κ3) is 5.49.